The molecule has 1 unspecified atom stereocenters. The topological polar surface area (TPSA) is 24.5 Å². The summed E-state index contributed by atoms with van der Waals surface area (Å²) in [5.41, 5.74) is 0.157. The summed E-state index contributed by atoms with van der Waals surface area (Å²) in [4.78, 5) is 2.54. The zero-order valence-corrected chi connectivity index (χ0v) is 10.8. The molecule has 3 nitrogen and oxygen atoms in total. The van der Waals surface area contributed by atoms with Crippen LogP contribution in [0.15, 0.2) is 0 Å². The maximum atomic E-state index is 5.29. The van der Waals surface area contributed by atoms with Crippen molar-refractivity contribution in [1.82, 2.24) is 10.2 Å². The largest absolute Gasteiger partial charge is 0.383 e. The first kappa shape index (κ1) is 12.9. The molecule has 1 rings (SSSR count). The summed E-state index contributed by atoms with van der Waals surface area (Å²) in [6.07, 6.45) is 0. The van der Waals surface area contributed by atoms with Crippen LogP contribution in [-0.4, -0.2) is 49.8 Å². The van der Waals surface area contributed by atoms with E-state index >= 15 is 0 Å². The third kappa shape index (κ3) is 3.44. The Labute approximate surface area is 94.2 Å². The van der Waals surface area contributed by atoms with Crippen molar-refractivity contribution >= 4 is 0 Å². The highest BCUT2D eigenvalue weighted by Gasteiger charge is 2.31. The third-order valence-corrected chi connectivity index (χ3v) is 3.36. The number of hydrogen-bond donors (Lipinski definition) is 1. The van der Waals surface area contributed by atoms with Crippen molar-refractivity contribution in [2.45, 2.75) is 39.3 Å². The number of nitrogens with one attached hydrogen (secondary N) is 1. The van der Waals surface area contributed by atoms with Gasteiger partial charge in [-0.1, -0.05) is 13.8 Å². The first-order valence-electron chi connectivity index (χ1n) is 5.95. The summed E-state index contributed by atoms with van der Waals surface area (Å²) >= 11 is 0. The van der Waals surface area contributed by atoms with Crippen molar-refractivity contribution in [3.63, 3.8) is 0 Å². The SMILES string of the molecule is COCC(C)(C)N1CCNC(C(C)C)C1. The Morgan fingerprint density at radius 1 is 1.47 bits per heavy atom. The van der Waals surface area contributed by atoms with E-state index < -0.39 is 0 Å². The van der Waals surface area contributed by atoms with Gasteiger partial charge >= 0.3 is 0 Å². The Balaban J connectivity index is 2.55. The molecule has 1 N–H and O–H groups in total. The van der Waals surface area contributed by atoms with Gasteiger partial charge in [0.2, 0.25) is 0 Å². The van der Waals surface area contributed by atoms with Gasteiger partial charge in [0.25, 0.3) is 0 Å². The highest BCUT2D eigenvalue weighted by Crippen LogP contribution is 2.19. The predicted octanol–water partition coefficient (Wildman–Crippen LogP) is 1.34. The van der Waals surface area contributed by atoms with Crippen molar-refractivity contribution < 1.29 is 4.74 Å². The molecule has 1 aliphatic heterocycles. The zero-order valence-electron chi connectivity index (χ0n) is 10.8. The Morgan fingerprint density at radius 3 is 2.67 bits per heavy atom. The van der Waals surface area contributed by atoms with Crippen LogP contribution in [0.25, 0.3) is 0 Å². The van der Waals surface area contributed by atoms with Gasteiger partial charge in [0.05, 0.1) is 6.61 Å². The van der Waals surface area contributed by atoms with Crippen LogP contribution in [0.3, 0.4) is 0 Å². The molecule has 0 saturated carbocycles. The lowest BCUT2D eigenvalue weighted by molar-refractivity contribution is 0.0112. The smallest absolute Gasteiger partial charge is 0.0641 e. The summed E-state index contributed by atoms with van der Waals surface area (Å²) in [5.74, 6) is 0.700. The van der Waals surface area contributed by atoms with E-state index in [2.05, 4.69) is 37.9 Å². The van der Waals surface area contributed by atoms with E-state index in [1.54, 1.807) is 7.11 Å². The van der Waals surface area contributed by atoms with Crippen LogP contribution in [0.4, 0.5) is 0 Å². The van der Waals surface area contributed by atoms with Gasteiger partial charge in [0, 0.05) is 38.3 Å². The van der Waals surface area contributed by atoms with Gasteiger partial charge in [0.1, 0.15) is 0 Å². The van der Waals surface area contributed by atoms with Gasteiger partial charge in [-0.15, -0.1) is 0 Å². The van der Waals surface area contributed by atoms with Crippen LogP contribution in [0.5, 0.6) is 0 Å². The molecule has 1 aliphatic rings. The van der Waals surface area contributed by atoms with E-state index in [0.717, 1.165) is 26.2 Å². The van der Waals surface area contributed by atoms with Gasteiger partial charge in [-0.2, -0.15) is 0 Å². The number of ether oxygens (including phenoxy) is 1. The molecule has 0 aliphatic carbocycles. The molecular formula is C12H26N2O. The van der Waals surface area contributed by atoms with Crippen LogP contribution in [0, 0.1) is 5.92 Å². The average molecular weight is 214 g/mol. The summed E-state index contributed by atoms with van der Waals surface area (Å²) in [6.45, 7) is 13.2. The Hall–Kier alpha value is -0.120. The van der Waals surface area contributed by atoms with Gasteiger partial charge in [0.15, 0.2) is 0 Å². The van der Waals surface area contributed by atoms with Crippen molar-refractivity contribution in [3.8, 4) is 0 Å². The number of piperazine rings is 1. The third-order valence-electron chi connectivity index (χ3n) is 3.36. The molecule has 1 heterocycles. The standard InChI is InChI=1S/C12H26N2O/c1-10(2)11-8-14(7-6-13-11)12(3,4)9-15-5/h10-11,13H,6-9H2,1-5H3. The Morgan fingerprint density at radius 2 is 2.13 bits per heavy atom. The molecule has 0 amide bonds. The van der Waals surface area contributed by atoms with Crippen LogP contribution >= 0.6 is 0 Å². The molecule has 15 heavy (non-hydrogen) atoms. The van der Waals surface area contributed by atoms with Crippen molar-refractivity contribution in [1.29, 1.82) is 0 Å². The fourth-order valence-electron chi connectivity index (χ4n) is 2.22. The van der Waals surface area contributed by atoms with E-state index in [-0.39, 0.29) is 5.54 Å². The highest BCUT2D eigenvalue weighted by molar-refractivity contribution is 4.89. The van der Waals surface area contributed by atoms with E-state index in [4.69, 9.17) is 4.74 Å². The number of rotatable bonds is 4. The second-order valence-electron chi connectivity index (χ2n) is 5.50. The van der Waals surface area contributed by atoms with Gasteiger partial charge in [-0.3, -0.25) is 4.90 Å². The highest BCUT2D eigenvalue weighted by atomic mass is 16.5. The average Bonchev–Trinajstić information content (AvgIpc) is 2.18. The molecule has 0 aromatic heterocycles. The lowest BCUT2D eigenvalue weighted by Crippen LogP contribution is -2.60. The second kappa shape index (κ2) is 5.28. The molecule has 0 radical (unpaired) electrons. The van der Waals surface area contributed by atoms with Crippen LogP contribution in [0.1, 0.15) is 27.7 Å². The normalized spacial score (nSPS) is 24.8. The number of nitrogens with zero attached hydrogens (tertiary/aromatic N) is 1. The monoisotopic (exact) mass is 214 g/mol. The van der Waals surface area contributed by atoms with Crippen molar-refractivity contribution in [3.05, 3.63) is 0 Å². The Bertz CT molecular complexity index is 192. The fourth-order valence-corrected chi connectivity index (χ4v) is 2.22. The molecule has 0 aromatic carbocycles. The molecule has 0 spiro atoms. The molecule has 1 atom stereocenters. The minimum atomic E-state index is 0.157. The lowest BCUT2D eigenvalue weighted by Gasteiger charge is -2.44. The maximum absolute atomic E-state index is 5.29. The zero-order chi connectivity index (χ0) is 11.5. The van der Waals surface area contributed by atoms with Gasteiger partial charge < -0.3 is 10.1 Å². The fraction of sp³-hybridized carbons (Fsp3) is 1.00. The number of hydrogen-bond acceptors (Lipinski definition) is 3. The first-order valence-corrected chi connectivity index (χ1v) is 5.95. The summed E-state index contributed by atoms with van der Waals surface area (Å²) < 4.78 is 5.29. The molecule has 1 fully saturated rings. The van der Waals surface area contributed by atoms with Gasteiger partial charge in [-0.25, -0.2) is 0 Å². The molecule has 3 heteroatoms. The molecule has 90 valence electrons. The molecule has 1 saturated heterocycles. The summed E-state index contributed by atoms with van der Waals surface area (Å²) in [5, 5.41) is 3.58. The number of methoxy groups -OCH3 is 1. The predicted molar refractivity (Wildman–Crippen MR) is 64.2 cm³/mol. The van der Waals surface area contributed by atoms with E-state index in [0.29, 0.717) is 12.0 Å². The van der Waals surface area contributed by atoms with Crippen LogP contribution < -0.4 is 5.32 Å². The van der Waals surface area contributed by atoms with Crippen molar-refractivity contribution in [2.75, 3.05) is 33.4 Å². The lowest BCUT2D eigenvalue weighted by atomic mass is 9.96. The Kier molecular flexibility index (Phi) is 4.56. The minimum Gasteiger partial charge on any atom is -0.383 e. The minimum absolute atomic E-state index is 0.157. The van der Waals surface area contributed by atoms with Crippen molar-refractivity contribution in [2.24, 2.45) is 5.92 Å². The molecule has 0 bridgehead atoms. The van der Waals surface area contributed by atoms with E-state index in [1.165, 1.54) is 0 Å². The van der Waals surface area contributed by atoms with Crippen LogP contribution in [-0.2, 0) is 4.74 Å². The van der Waals surface area contributed by atoms with Crippen LogP contribution in [0.2, 0.25) is 0 Å². The van der Waals surface area contributed by atoms with Gasteiger partial charge in [-0.05, 0) is 19.8 Å². The molecular weight excluding hydrogens is 188 g/mol. The molecule has 0 aromatic rings. The summed E-state index contributed by atoms with van der Waals surface area (Å²) in [6, 6.07) is 0.620. The quantitative estimate of drug-likeness (QED) is 0.764. The maximum Gasteiger partial charge on any atom is 0.0641 e. The summed E-state index contributed by atoms with van der Waals surface area (Å²) in [7, 11) is 1.78. The van der Waals surface area contributed by atoms with E-state index in [9.17, 15) is 0 Å². The van der Waals surface area contributed by atoms with E-state index in [1.807, 2.05) is 0 Å². The second-order valence-corrected chi connectivity index (χ2v) is 5.50. The first-order chi connectivity index (χ1) is 6.97.